The summed E-state index contributed by atoms with van der Waals surface area (Å²) in [7, 11) is 0. The molecule has 1 amide bonds. The number of rotatable bonds is 4. The van der Waals surface area contributed by atoms with Crippen LogP contribution in [0.15, 0.2) is 56.3 Å². The van der Waals surface area contributed by atoms with E-state index in [4.69, 9.17) is 8.83 Å². The smallest absolute Gasteiger partial charge is 0.340 e. The number of hydrogen-bond donors (Lipinski definition) is 2. The fraction of sp³-hybridized carbons (Fsp3) is 0.136. The Hall–Kier alpha value is -4.27. The van der Waals surface area contributed by atoms with Crippen LogP contribution in [0.3, 0.4) is 0 Å². The summed E-state index contributed by atoms with van der Waals surface area (Å²) in [4.78, 5) is 25.0. The van der Waals surface area contributed by atoms with E-state index in [1.807, 2.05) is 50.2 Å². The average molecular weight is 415 g/mol. The third kappa shape index (κ3) is 3.16. The van der Waals surface area contributed by atoms with Gasteiger partial charge in [0.1, 0.15) is 11.2 Å². The summed E-state index contributed by atoms with van der Waals surface area (Å²) in [6.45, 7) is 3.66. The minimum Gasteiger partial charge on any atom is -0.463 e. The maximum atomic E-state index is 12.7. The Morgan fingerprint density at radius 1 is 1.10 bits per heavy atom. The minimum atomic E-state index is -0.564. The van der Waals surface area contributed by atoms with Crippen molar-refractivity contribution in [1.82, 2.24) is 20.6 Å². The number of aryl methyl sites for hydroxylation is 2. The van der Waals surface area contributed by atoms with Crippen LogP contribution in [0.25, 0.3) is 33.1 Å². The van der Waals surface area contributed by atoms with E-state index in [-0.39, 0.29) is 17.9 Å². The monoisotopic (exact) mass is 415 g/mol. The van der Waals surface area contributed by atoms with Gasteiger partial charge in [-0.15, -0.1) is 5.10 Å². The number of amides is 1. The number of tetrazole rings is 1. The van der Waals surface area contributed by atoms with Crippen molar-refractivity contribution >= 4 is 33.8 Å². The zero-order valence-electron chi connectivity index (χ0n) is 16.7. The second-order valence-corrected chi connectivity index (χ2v) is 7.22. The summed E-state index contributed by atoms with van der Waals surface area (Å²) < 4.78 is 11.4. The SMILES string of the molecule is Cc1c(CC(=O)Nc2nn[nH]n2)c(=O)oc2c(C)c3occ(-c4ccccc4)c3cc12. The number of carbonyl (C=O) groups excluding carboxylic acids is 1. The van der Waals surface area contributed by atoms with Gasteiger partial charge in [-0.3, -0.25) is 10.1 Å². The van der Waals surface area contributed by atoms with Crippen LogP contribution in [0.1, 0.15) is 16.7 Å². The molecule has 0 aliphatic carbocycles. The van der Waals surface area contributed by atoms with Gasteiger partial charge in [0.05, 0.1) is 18.2 Å². The second-order valence-electron chi connectivity index (χ2n) is 7.22. The number of carbonyl (C=O) groups is 1. The molecule has 0 atom stereocenters. The van der Waals surface area contributed by atoms with Crippen LogP contribution >= 0.6 is 0 Å². The molecule has 5 aromatic rings. The molecule has 154 valence electrons. The number of nitrogens with zero attached hydrogens (tertiary/aromatic N) is 3. The highest BCUT2D eigenvalue weighted by Gasteiger charge is 2.20. The van der Waals surface area contributed by atoms with Crippen LogP contribution in [0.2, 0.25) is 0 Å². The quantitative estimate of drug-likeness (QED) is 0.430. The molecule has 31 heavy (non-hydrogen) atoms. The highest BCUT2D eigenvalue weighted by Crippen LogP contribution is 2.37. The van der Waals surface area contributed by atoms with E-state index in [1.165, 1.54) is 0 Å². The van der Waals surface area contributed by atoms with Gasteiger partial charge in [-0.05, 0) is 36.3 Å². The Morgan fingerprint density at radius 2 is 1.90 bits per heavy atom. The second kappa shape index (κ2) is 7.21. The first-order valence-electron chi connectivity index (χ1n) is 9.58. The van der Waals surface area contributed by atoms with Crippen LogP contribution < -0.4 is 10.9 Å². The zero-order chi connectivity index (χ0) is 21.5. The summed E-state index contributed by atoms with van der Waals surface area (Å²) in [6.07, 6.45) is 1.53. The molecule has 0 spiro atoms. The standard InChI is InChI=1S/C22H17N5O4/c1-11-14-8-16-17(13-6-4-3-5-7-13)10-30-19(16)12(2)20(14)31-21(29)15(11)9-18(28)23-22-24-26-27-25-22/h3-8,10H,9H2,1-2H3,(H2,23,24,25,26,27,28). The highest BCUT2D eigenvalue weighted by molar-refractivity contribution is 6.05. The number of benzene rings is 2. The third-order valence-electron chi connectivity index (χ3n) is 5.36. The van der Waals surface area contributed by atoms with Gasteiger partial charge in [-0.2, -0.15) is 5.21 Å². The lowest BCUT2D eigenvalue weighted by molar-refractivity contribution is -0.115. The molecule has 0 radical (unpaired) electrons. The van der Waals surface area contributed by atoms with Crippen molar-refractivity contribution < 1.29 is 13.6 Å². The first-order valence-corrected chi connectivity index (χ1v) is 9.58. The fourth-order valence-electron chi connectivity index (χ4n) is 3.79. The van der Waals surface area contributed by atoms with Gasteiger partial charge in [0.15, 0.2) is 0 Å². The third-order valence-corrected chi connectivity index (χ3v) is 5.36. The number of anilines is 1. The van der Waals surface area contributed by atoms with Gasteiger partial charge < -0.3 is 8.83 Å². The maximum absolute atomic E-state index is 12.7. The van der Waals surface area contributed by atoms with Crippen LogP contribution in [0.4, 0.5) is 5.95 Å². The fourth-order valence-corrected chi connectivity index (χ4v) is 3.79. The topological polar surface area (TPSA) is 127 Å². The number of fused-ring (bicyclic) bond motifs is 2. The number of aromatic nitrogens is 4. The molecule has 0 aliphatic rings. The summed E-state index contributed by atoms with van der Waals surface area (Å²) in [6, 6.07) is 11.9. The molecule has 9 heteroatoms. The summed E-state index contributed by atoms with van der Waals surface area (Å²) in [5, 5.41) is 17.2. The highest BCUT2D eigenvalue weighted by atomic mass is 16.4. The first-order chi connectivity index (χ1) is 15.0. The van der Waals surface area contributed by atoms with Crippen LogP contribution in [0.5, 0.6) is 0 Å². The van der Waals surface area contributed by atoms with Crippen molar-refractivity contribution in [3.05, 3.63) is 69.8 Å². The molecule has 9 nitrogen and oxygen atoms in total. The number of furan rings is 1. The average Bonchev–Trinajstić information content (AvgIpc) is 3.43. The minimum absolute atomic E-state index is 0.0382. The Labute approximate surface area is 175 Å². The number of nitrogens with one attached hydrogen (secondary N) is 2. The lowest BCUT2D eigenvalue weighted by Gasteiger charge is -2.10. The molecule has 2 N–H and O–H groups in total. The molecule has 0 unspecified atom stereocenters. The van der Waals surface area contributed by atoms with Crippen LogP contribution in [-0.2, 0) is 11.2 Å². The molecular weight excluding hydrogens is 398 g/mol. The van der Waals surface area contributed by atoms with Gasteiger partial charge >= 0.3 is 5.63 Å². The zero-order valence-corrected chi connectivity index (χ0v) is 16.7. The van der Waals surface area contributed by atoms with Crippen molar-refractivity contribution in [2.24, 2.45) is 0 Å². The summed E-state index contributed by atoms with van der Waals surface area (Å²) >= 11 is 0. The van der Waals surface area contributed by atoms with E-state index in [9.17, 15) is 9.59 Å². The van der Waals surface area contributed by atoms with E-state index in [0.717, 1.165) is 27.5 Å². The predicted molar refractivity (Wildman–Crippen MR) is 114 cm³/mol. The normalized spacial score (nSPS) is 11.3. The molecule has 3 heterocycles. The molecule has 0 fully saturated rings. The Morgan fingerprint density at radius 3 is 2.65 bits per heavy atom. The molecular formula is C22H17N5O4. The molecule has 0 aliphatic heterocycles. The van der Waals surface area contributed by atoms with Crippen molar-refractivity contribution in [3.8, 4) is 11.1 Å². The van der Waals surface area contributed by atoms with E-state index in [2.05, 4.69) is 25.9 Å². The predicted octanol–water partition coefficient (Wildman–Crippen LogP) is 3.52. The number of hydrogen-bond acceptors (Lipinski definition) is 7. The molecule has 2 aromatic carbocycles. The molecule has 0 saturated heterocycles. The summed E-state index contributed by atoms with van der Waals surface area (Å²) in [5.41, 5.74) is 4.21. The van der Waals surface area contributed by atoms with Gasteiger partial charge in [-0.25, -0.2) is 4.79 Å². The molecule has 5 rings (SSSR count). The van der Waals surface area contributed by atoms with Gasteiger partial charge in [-0.1, -0.05) is 35.4 Å². The largest absolute Gasteiger partial charge is 0.463 e. The molecule has 3 aromatic heterocycles. The molecule has 0 bridgehead atoms. The lowest BCUT2D eigenvalue weighted by Crippen LogP contribution is -2.21. The number of aromatic amines is 1. The lowest BCUT2D eigenvalue weighted by atomic mass is 9.97. The van der Waals surface area contributed by atoms with Crippen molar-refractivity contribution in [2.45, 2.75) is 20.3 Å². The van der Waals surface area contributed by atoms with Gasteiger partial charge in [0, 0.05) is 21.9 Å². The Balaban J connectivity index is 1.65. The van der Waals surface area contributed by atoms with Crippen LogP contribution in [0, 0.1) is 13.8 Å². The van der Waals surface area contributed by atoms with E-state index in [0.29, 0.717) is 16.7 Å². The van der Waals surface area contributed by atoms with Crippen LogP contribution in [-0.4, -0.2) is 26.5 Å². The van der Waals surface area contributed by atoms with E-state index in [1.54, 1.807) is 6.26 Å². The summed E-state index contributed by atoms with van der Waals surface area (Å²) in [5.74, 6) is -0.404. The Bertz CT molecular complexity index is 1480. The van der Waals surface area contributed by atoms with Gasteiger partial charge in [0.2, 0.25) is 5.91 Å². The van der Waals surface area contributed by atoms with Gasteiger partial charge in [0.25, 0.3) is 5.95 Å². The first kappa shape index (κ1) is 18.7. The van der Waals surface area contributed by atoms with E-state index >= 15 is 0 Å². The molecule has 0 saturated carbocycles. The maximum Gasteiger partial charge on any atom is 0.340 e. The van der Waals surface area contributed by atoms with E-state index < -0.39 is 11.5 Å². The number of H-pyrrole nitrogens is 1. The van der Waals surface area contributed by atoms with Crippen molar-refractivity contribution in [2.75, 3.05) is 5.32 Å². The van der Waals surface area contributed by atoms with Crippen molar-refractivity contribution in [3.63, 3.8) is 0 Å². The Kier molecular flexibility index (Phi) is 4.36. The van der Waals surface area contributed by atoms with Crippen molar-refractivity contribution in [1.29, 1.82) is 0 Å².